The fourth-order valence-electron chi connectivity index (χ4n) is 10.0. The zero-order valence-corrected chi connectivity index (χ0v) is 36.2. The third kappa shape index (κ3) is 6.48. The molecular formula is C54H50N4O5. The van der Waals surface area contributed by atoms with Crippen LogP contribution in [0.25, 0.3) is 76.4 Å². The molecule has 0 bridgehead atoms. The number of hydrogen-bond donors (Lipinski definition) is 0. The molecule has 0 spiro atoms. The summed E-state index contributed by atoms with van der Waals surface area (Å²) < 4.78 is 18.6. The minimum Gasteiger partial charge on any atom is -0.492 e. The van der Waals surface area contributed by atoms with Crippen molar-refractivity contribution in [2.75, 3.05) is 18.6 Å². The molecular weight excluding hydrogens is 785 g/mol. The van der Waals surface area contributed by atoms with Crippen LogP contribution in [0.2, 0.25) is 0 Å². The molecule has 63 heavy (non-hydrogen) atoms. The first-order valence-corrected chi connectivity index (χ1v) is 22.2. The average molecular weight is 835 g/mol. The largest absolute Gasteiger partial charge is 0.492 e. The molecule has 2 aliphatic heterocycles. The Bertz CT molecular complexity index is 3490. The Kier molecular flexibility index (Phi) is 10.3. The number of fused-ring (bicyclic) bond motifs is 15. The third-order valence-corrected chi connectivity index (χ3v) is 12.7. The van der Waals surface area contributed by atoms with Crippen molar-refractivity contribution < 1.29 is 18.7 Å². The number of benzene rings is 6. The van der Waals surface area contributed by atoms with Crippen molar-refractivity contribution in [3.05, 3.63) is 143 Å². The predicted molar refractivity (Wildman–Crippen MR) is 257 cm³/mol. The van der Waals surface area contributed by atoms with Gasteiger partial charge in [-0.05, 0) is 73.4 Å². The second kappa shape index (κ2) is 16.3. The van der Waals surface area contributed by atoms with Gasteiger partial charge in [-0.15, -0.1) is 0 Å². The molecule has 6 aromatic carbocycles. The third-order valence-electron chi connectivity index (χ3n) is 12.7. The number of likely N-dealkylation sites (N-methyl/N-ethyl adjacent to an activating group) is 1. The van der Waals surface area contributed by atoms with Crippen LogP contribution in [0.3, 0.4) is 0 Å². The lowest BCUT2D eigenvalue weighted by molar-refractivity contribution is -0.117. The number of amides is 1. The van der Waals surface area contributed by atoms with Gasteiger partial charge in [-0.1, -0.05) is 81.4 Å². The summed E-state index contributed by atoms with van der Waals surface area (Å²) in [6, 6.07) is 38.8. The maximum atomic E-state index is 12.1. The molecule has 6 heterocycles. The van der Waals surface area contributed by atoms with Crippen molar-refractivity contribution in [2.45, 2.75) is 72.5 Å². The van der Waals surface area contributed by atoms with Crippen molar-refractivity contribution in [1.82, 2.24) is 13.7 Å². The Hall–Kier alpha value is -7.13. The van der Waals surface area contributed by atoms with Gasteiger partial charge in [0, 0.05) is 77.3 Å². The van der Waals surface area contributed by atoms with Crippen molar-refractivity contribution in [3.63, 3.8) is 0 Å². The molecule has 0 N–H and O–H groups in total. The molecule has 10 aromatic rings. The minimum atomic E-state index is 0.00507. The van der Waals surface area contributed by atoms with Crippen molar-refractivity contribution in [3.8, 4) is 5.75 Å². The van der Waals surface area contributed by atoms with E-state index in [1.54, 1.807) is 0 Å². The number of aryl methyl sites for hydroxylation is 3. The first-order chi connectivity index (χ1) is 30.8. The quantitative estimate of drug-likeness (QED) is 0.166. The van der Waals surface area contributed by atoms with E-state index in [9.17, 15) is 14.4 Å². The van der Waals surface area contributed by atoms with Crippen LogP contribution in [-0.2, 0) is 30.8 Å². The minimum absolute atomic E-state index is 0.00507. The Morgan fingerprint density at radius 2 is 1.06 bits per heavy atom. The van der Waals surface area contributed by atoms with Gasteiger partial charge in [0.2, 0.25) is 5.91 Å². The molecule has 12 rings (SSSR count). The number of hydrogen-bond acceptors (Lipinski definition) is 5. The molecule has 0 saturated heterocycles. The Morgan fingerprint density at radius 1 is 0.540 bits per heavy atom. The van der Waals surface area contributed by atoms with Gasteiger partial charge in [-0.3, -0.25) is 14.4 Å². The highest BCUT2D eigenvalue weighted by atomic mass is 16.5. The Morgan fingerprint density at radius 3 is 1.68 bits per heavy atom. The highest BCUT2D eigenvalue weighted by Crippen LogP contribution is 2.42. The van der Waals surface area contributed by atoms with Crippen molar-refractivity contribution in [1.29, 1.82) is 0 Å². The topological polar surface area (TPSA) is 91.6 Å². The normalized spacial score (nSPS) is 13.5. The predicted octanol–water partition coefficient (Wildman–Crippen LogP) is 12.2. The van der Waals surface area contributed by atoms with E-state index in [0.717, 1.165) is 88.7 Å². The van der Waals surface area contributed by atoms with Crippen LogP contribution in [0.1, 0.15) is 62.4 Å². The van der Waals surface area contributed by atoms with E-state index >= 15 is 0 Å². The molecule has 0 radical (unpaired) electrons. The van der Waals surface area contributed by atoms with E-state index in [4.69, 9.17) is 9.15 Å². The van der Waals surface area contributed by atoms with Crippen LogP contribution < -0.4 is 15.1 Å². The molecule has 0 aliphatic carbocycles. The lowest BCUT2D eigenvalue weighted by atomic mass is 10.0. The Balaban J connectivity index is 0.000000112. The van der Waals surface area contributed by atoms with Gasteiger partial charge >= 0.3 is 0 Å². The molecule has 0 atom stereocenters. The number of carbonyl (C=O) groups excluding carboxylic acids is 2. The molecule has 9 nitrogen and oxygen atoms in total. The number of ether oxygens (including phenoxy) is 1. The first-order valence-electron chi connectivity index (χ1n) is 22.2. The highest BCUT2D eigenvalue weighted by molar-refractivity contribution is 6.21. The van der Waals surface area contributed by atoms with E-state index < -0.39 is 0 Å². The number of anilines is 1. The zero-order valence-electron chi connectivity index (χ0n) is 36.2. The lowest BCUT2D eigenvalue weighted by Gasteiger charge is -2.17. The second-order valence-corrected chi connectivity index (χ2v) is 16.6. The fourth-order valence-corrected chi connectivity index (χ4v) is 10.0. The molecule has 0 fully saturated rings. The molecule has 0 saturated carbocycles. The van der Waals surface area contributed by atoms with Gasteiger partial charge in [-0.25, -0.2) is 0 Å². The molecule has 2 aliphatic rings. The molecule has 4 aromatic heterocycles. The Labute approximate surface area is 364 Å². The second-order valence-electron chi connectivity index (χ2n) is 16.6. The SMILES string of the molecule is CCCn1c2ccccc2c2c3c(ccc21)C(=O)CCO3.CCCn1c2ccccc2c2c3c(ccc21)CC(=O)N3C.CCCn1c2ccccc2c2c3occc(=O)c3ccc21. The number of ketones is 1. The maximum absolute atomic E-state index is 12.1. The zero-order chi connectivity index (χ0) is 43.4. The van der Waals surface area contributed by atoms with E-state index in [1.807, 2.05) is 48.3 Å². The van der Waals surface area contributed by atoms with E-state index in [-0.39, 0.29) is 17.1 Å². The number of aromatic nitrogens is 3. The number of rotatable bonds is 6. The monoisotopic (exact) mass is 834 g/mol. The molecule has 1 amide bonds. The van der Waals surface area contributed by atoms with Crippen molar-refractivity contribution in [2.24, 2.45) is 0 Å². The smallest absolute Gasteiger partial charge is 0.231 e. The summed E-state index contributed by atoms with van der Waals surface area (Å²) in [6.07, 6.45) is 5.71. The van der Waals surface area contributed by atoms with E-state index in [0.29, 0.717) is 30.4 Å². The first kappa shape index (κ1) is 40.0. The fraction of sp³-hybridized carbons (Fsp3) is 0.241. The maximum Gasteiger partial charge on any atom is 0.231 e. The van der Waals surface area contributed by atoms with Crippen LogP contribution in [0, 0.1) is 0 Å². The number of nitrogens with zero attached hydrogens (tertiary/aromatic N) is 4. The van der Waals surface area contributed by atoms with E-state index in [2.05, 4.69) is 107 Å². The van der Waals surface area contributed by atoms with Crippen LogP contribution in [-0.4, -0.2) is 39.0 Å². The number of Topliss-reactive ketones (excluding diaryl/α,β-unsaturated/α-hetero) is 1. The summed E-state index contributed by atoms with van der Waals surface area (Å²) in [7, 11) is 1.89. The standard InChI is InChI=1S/C18H18N2O.C18H17NO2.C18H15NO2/c1-3-10-20-14-7-5-4-6-13(14)17-15(20)9-8-12-11-16(21)19(2)18(12)17;2*1-2-10-19-14-6-4-3-5-12(14)17-15(19)8-7-13-16(20)9-11-21-18(13)17/h4-9H,3,10-11H2,1-2H3;3-8H,2,9-11H2,1H3;3-9,11H,2,10H2,1H3. The van der Waals surface area contributed by atoms with Gasteiger partial charge in [0.05, 0.1) is 63.3 Å². The van der Waals surface area contributed by atoms with Crippen LogP contribution >= 0.6 is 0 Å². The van der Waals surface area contributed by atoms with E-state index in [1.165, 1.54) is 50.6 Å². The summed E-state index contributed by atoms with van der Waals surface area (Å²) in [4.78, 5) is 38.0. The summed E-state index contributed by atoms with van der Waals surface area (Å²) in [5.74, 6) is 1.14. The van der Waals surface area contributed by atoms with Crippen molar-refractivity contribution >= 4 is 93.8 Å². The lowest BCUT2D eigenvalue weighted by Crippen LogP contribution is -2.20. The summed E-state index contributed by atoms with van der Waals surface area (Å²) in [6.45, 7) is 9.95. The average Bonchev–Trinajstić information content (AvgIpc) is 4.01. The van der Waals surface area contributed by atoms with Gasteiger partial charge < -0.3 is 27.8 Å². The van der Waals surface area contributed by atoms with Gasteiger partial charge in [-0.2, -0.15) is 0 Å². The number of carbonyl (C=O) groups is 2. The van der Waals surface area contributed by atoms with Gasteiger partial charge in [0.15, 0.2) is 11.2 Å². The number of para-hydroxylation sites is 3. The highest BCUT2D eigenvalue weighted by Gasteiger charge is 2.29. The molecule has 9 heteroatoms. The van der Waals surface area contributed by atoms with Crippen LogP contribution in [0.15, 0.2) is 131 Å². The summed E-state index contributed by atoms with van der Waals surface area (Å²) in [5, 5.41) is 7.56. The summed E-state index contributed by atoms with van der Waals surface area (Å²) >= 11 is 0. The van der Waals surface area contributed by atoms with Crippen LogP contribution in [0.4, 0.5) is 5.69 Å². The van der Waals surface area contributed by atoms with Crippen LogP contribution in [0.5, 0.6) is 5.75 Å². The molecule has 316 valence electrons. The summed E-state index contributed by atoms with van der Waals surface area (Å²) in [5.41, 5.74) is 10.8. The van der Waals surface area contributed by atoms with Gasteiger partial charge in [0.1, 0.15) is 11.3 Å². The van der Waals surface area contributed by atoms with Gasteiger partial charge in [0.25, 0.3) is 0 Å². The molecule has 0 unspecified atom stereocenters.